The quantitative estimate of drug-likeness (QED) is 0.503. The van der Waals surface area contributed by atoms with Crippen LogP contribution in [0.5, 0.6) is 11.5 Å². The fourth-order valence-corrected chi connectivity index (χ4v) is 4.25. The molecule has 2 aliphatic carbocycles. The Morgan fingerprint density at radius 2 is 1.81 bits per heavy atom. The summed E-state index contributed by atoms with van der Waals surface area (Å²) < 4.78 is 16.0. The van der Waals surface area contributed by atoms with Crippen molar-refractivity contribution in [3.05, 3.63) is 24.3 Å². The van der Waals surface area contributed by atoms with Crippen molar-refractivity contribution in [3.8, 4) is 11.5 Å². The monoisotopic (exact) mass is 375 g/mol. The van der Waals surface area contributed by atoms with E-state index in [4.69, 9.17) is 14.2 Å². The van der Waals surface area contributed by atoms with Crippen LogP contribution in [-0.2, 0) is 14.3 Å². The highest BCUT2D eigenvalue weighted by atomic mass is 16.5. The Balaban J connectivity index is 1.24. The first-order valence-electron chi connectivity index (χ1n) is 9.92. The topological polar surface area (TPSA) is 73.9 Å². The molecule has 3 rings (SSSR count). The van der Waals surface area contributed by atoms with Crippen LogP contribution in [-0.4, -0.2) is 38.2 Å². The summed E-state index contributed by atoms with van der Waals surface area (Å²) >= 11 is 0. The van der Waals surface area contributed by atoms with Crippen molar-refractivity contribution in [1.82, 2.24) is 5.32 Å². The average molecular weight is 375 g/mol. The van der Waals surface area contributed by atoms with Crippen LogP contribution in [0.15, 0.2) is 24.3 Å². The Kier molecular flexibility index (Phi) is 6.96. The van der Waals surface area contributed by atoms with Gasteiger partial charge in [-0.3, -0.25) is 9.59 Å². The predicted octanol–water partition coefficient (Wildman–Crippen LogP) is 2.95. The lowest BCUT2D eigenvalue weighted by molar-refractivity contribution is -0.149. The molecule has 3 atom stereocenters. The second kappa shape index (κ2) is 9.62. The number of ether oxygens (including phenoxy) is 3. The summed E-state index contributed by atoms with van der Waals surface area (Å²) in [4.78, 5) is 23.7. The zero-order valence-electron chi connectivity index (χ0n) is 15.9. The molecule has 1 amide bonds. The largest absolute Gasteiger partial charge is 0.494 e. The number of rotatable bonds is 10. The van der Waals surface area contributed by atoms with Crippen molar-refractivity contribution in [2.75, 3.05) is 26.4 Å². The van der Waals surface area contributed by atoms with Gasteiger partial charge in [0.2, 0.25) is 0 Å². The molecular weight excluding hydrogens is 346 g/mol. The molecule has 1 aromatic rings. The van der Waals surface area contributed by atoms with Gasteiger partial charge in [-0.25, -0.2) is 0 Å². The maximum absolute atomic E-state index is 11.9. The summed E-state index contributed by atoms with van der Waals surface area (Å²) in [6.45, 7) is 3.04. The minimum atomic E-state index is -0.299. The first kappa shape index (κ1) is 19.5. The van der Waals surface area contributed by atoms with Gasteiger partial charge in [0.1, 0.15) is 18.1 Å². The van der Waals surface area contributed by atoms with Gasteiger partial charge in [0, 0.05) is 6.42 Å². The molecule has 0 aliphatic heterocycles. The summed E-state index contributed by atoms with van der Waals surface area (Å²) in [6, 6.07) is 7.33. The molecule has 0 unspecified atom stereocenters. The summed E-state index contributed by atoms with van der Waals surface area (Å²) in [6.07, 6.45) is 5.44. The highest BCUT2D eigenvalue weighted by Gasteiger charge is 2.40. The first-order chi connectivity index (χ1) is 13.1. The van der Waals surface area contributed by atoms with Crippen LogP contribution in [0.2, 0.25) is 0 Å². The molecule has 6 nitrogen and oxygen atoms in total. The second-order valence-corrected chi connectivity index (χ2v) is 7.40. The minimum absolute atomic E-state index is 0.220. The maximum atomic E-state index is 11.9. The third-order valence-electron chi connectivity index (χ3n) is 5.51. The van der Waals surface area contributed by atoms with E-state index in [2.05, 4.69) is 5.32 Å². The van der Waals surface area contributed by atoms with Crippen molar-refractivity contribution in [1.29, 1.82) is 0 Å². The van der Waals surface area contributed by atoms with Crippen molar-refractivity contribution in [3.63, 3.8) is 0 Å². The second-order valence-electron chi connectivity index (χ2n) is 7.40. The van der Waals surface area contributed by atoms with Crippen molar-refractivity contribution >= 4 is 11.9 Å². The highest BCUT2D eigenvalue weighted by molar-refractivity contribution is 5.80. The van der Waals surface area contributed by atoms with E-state index in [0.717, 1.165) is 18.1 Å². The molecule has 0 radical (unpaired) electrons. The van der Waals surface area contributed by atoms with E-state index in [-0.39, 0.29) is 18.5 Å². The fourth-order valence-electron chi connectivity index (χ4n) is 4.25. The zero-order valence-corrected chi connectivity index (χ0v) is 15.9. The lowest BCUT2D eigenvalue weighted by Crippen LogP contribution is -2.32. The molecular formula is C21H29NO5. The molecule has 2 fully saturated rings. The predicted molar refractivity (Wildman–Crippen MR) is 101 cm³/mol. The fraction of sp³-hybridized carbons (Fsp3) is 0.619. The molecule has 6 heteroatoms. The van der Waals surface area contributed by atoms with Crippen molar-refractivity contribution in [2.24, 2.45) is 17.8 Å². The van der Waals surface area contributed by atoms with E-state index in [1.54, 1.807) is 0 Å². The molecule has 2 bridgehead atoms. The molecule has 0 saturated heterocycles. The van der Waals surface area contributed by atoms with Crippen LogP contribution in [0.3, 0.4) is 0 Å². The first-order valence-corrected chi connectivity index (χ1v) is 9.92. The summed E-state index contributed by atoms with van der Waals surface area (Å²) in [5.41, 5.74) is 0. The van der Waals surface area contributed by atoms with Crippen LogP contribution in [0.1, 0.15) is 39.0 Å². The minimum Gasteiger partial charge on any atom is -0.494 e. The molecule has 1 aromatic carbocycles. The van der Waals surface area contributed by atoms with Gasteiger partial charge in [0.15, 0.2) is 6.61 Å². The van der Waals surface area contributed by atoms with Crippen molar-refractivity contribution in [2.45, 2.75) is 39.0 Å². The normalized spacial score (nSPS) is 23.1. The van der Waals surface area contributed by atoms with E-state index in [0.29, 0.717) is 43.8 Å². The Labute approximate surface area is 160 Å². The van der Waals surface area contributed by atoms with Crippen LogP contribution in [0, 0.1) is 17.8 Å². The Hall–Kier alpha value is -2.24. The van der Waals surface area contributed by atoms with Crippen LogP contribution in [0.4, 0.5) is 0 Å². The number of carbonyl (C=O) groups is 2. The molecule has 1 N–H and O–H groups in total. The lowest BCUT2D eigenvalue weighted by atomic mass is 9.86. The highest BCUT2D eigenvalue weighted by Crippen LogP contribution is 2.49. The van der Waals surface area contributed by atoms with Crippen LogP contribution in [0.25, 0.3) is 0 Å². The van der Waals surface area contributed by atoms with E-state index in [1.807, 2.05) is 31.2 Å². The number of carbonyl (C=O) groups excluding carboxylic acids is 2. The van der Waals surface area contributed by atoms with Crippen molar-refractivity contribution < 1.29 is 23.8 Å². The van der Waals surface area contributed by atoms with E-state index >= 15 is 0 Å². The zero-order chi connectivity index (χ0) is 19.1. The third-order valence-corrected chi connectivity index (χ3v) is 5.51. The lowest BCUT2D eigenvalue weighted by Gasteiger charge is -2.20. The molecule has 0 aromatic heterocycles. The molecule has 148 valence electrons. The molecule has 2 saturated carbocycles. The number of hydrogen-bond acceptors (Lipinski definition) is 5. The van der Waals surface area contributed by atoms with Gasteiger partial charge in [0.05, 0.1) is 13.2 Å². The molecule has 0 spiro atoms. The number of fused-ring (bicyclic) bond motifs is 2. The molecule has 2 aliphatic rings. The van der Waals surface area contributed by atoms with Gasteiger partial charge >= 0.3 is 5.97 Å². The van der Waals surface area contributed by atoms with Gasteiger partial charge in [-0.1, -0.05) is 6.42 Å². The maximum Gasteiger partial charge on any atom is 0.306 e. The Morgan fingerprint density at radius 1 is 1.07 bits per heavy atom. The number of esters is 1. The van der Waals surface area contributed by atoms with Gasteiger partial charge in [-0.05, 0) is 68.2 Å². The number of nitrogens with one attached hydrogen (secondary N) is 1. The summed E-state index contributed by atoms with van der Waals surface area (Å²) in [7, 11) is 0. The Bertz CT molecular complexity index is 630. The average Bonchev–Trinajstić information content (AvgIpc) is 3.28. The molecule has 0 heterocycles. The molecule has 27 heavy (non-hydrogen) atoms. The number of benzene rings is 1. The standard InChI is InChI=1S/C21H29NO5/c1-2-25-18-5-7-19(8-6-18)26-10-9-22-20(23)14-27-21(24)13-17-12-15-3-4-16(17)11-15/h5-8,15-17H,2-4,9-14H2,1H3,(H,22,23)/t15-,16+,17-/m0/s1. The third kappa shape index (κ3) is 5.88. The summed E-state index contributed by atoms with van der Waals surface area (Å²) in [5, 5.41) is 2.69. The van der Waals surface area contributed by atoms with Crippen LogP contribution < -0.4 is 14.8 Å². The van der Waals surface area contributed by atoms with Gasteiger partial charge in [0.25, 0.3) is 5.91 Å². The van der Waals surface area contributed by atoms with E-state index in [9.17, 15) is 9.59 Å². The smallest absolute Gasteiger partial charge is 0.306 e. The van der Waals surface area contributed by atoms with Gasteiger partial charge in [-0.15, -0.1) is 0 Å². The SMILES string of the molecule is CCOc1ccc(OCCNC(=O)COC(=O)C[C@@H]2C[C@H]3CC[C@@H]2C3)cc1. The number of hydrogen-bond donors (Lipinski definition) is 1. The number of amides is 1. The Morgan fingerprint density at radius 3 is 2.44 bits per heavy atom. The van der Waals surface area contributed by atoms with E-state index in [1.165, 1.54) is 19.3 Å². The van der Waals surface area contributed by atoms with E-state index < -0.39 is 0 Å². The summed E-state index contributed by atoms with van der Waals surface area (Å²) in [5.74, 6) is 2.92. The van der Waals surface area contributed by atoms with Gasteiger partial charge in [-0.2, -0.15) is 0 Å². The van der Waals surface area contributed by atoms with Gasteiger partial charge < -0.3 is 19.5 Å². The van der Waals surface area contributed by atoms with Crippen LogP contribution >= 0.6 is 0 Å².